The van der Waals surface area contributed by atoms with E-state index in [1.54, 1.807) is 6.07 Å². The van der Waals surface area contributed by atoms with E-state index in [1.165, 1.54) is 25.7 Å². The first-order valence-corrected chi connectivity index (χ1v) is 5.91. The Labute approximate surface area is 94.1 Å². The van der Waals surface area contributed by atoms with Crippen molar-refractivity contribution in [2.45, 2.75) is 38.6 Å². The van der Waals surface area contributed by atoms with Gasteiger partial charge >= 0.3 is 0 Å². The van der Waals surface area contributed by atoms with E-state index in [0.717, 1.165) is 0 Å². The van der Waals surface area contributed by atoms with Crippen molar-refractivity contribution in [3.8, 4) is 0 Å². The van der Waals surface area contributed by atoms with Crippen LogP contribution in [0.15, 0.2) is 17.1 Å². The molecule has 82 valence electrons. The minimum atomic E-state index is -0.111. The zero-order valence-electron chi connectivity index (χ0n) is 8.90. The molecule has 1 N–H and O–H groups in total. The number of aromatic nitrogens is 2. The van der Waals surface area contributed by atoms with Gasteiger partial charge in [0.25, 0.3) is 5.56 Å². The lowest BCUT2D eigenvalue weighted by molar-refractivity contribution is 0.252. The predicted octanol–water partition coefficient (Wildman–Crippen LogP) is 2.66. The maximum absolute atomic E-state index is 11.1. The largest absolute Gasteiger partial charge is 0.322 e. The van der Waals surface area contributed by atoms with Crippen LogP contribution in [0.25, 0.3) is 0 Å². The molecular formula is C11H16N2OS. The smallest absolute Gasteiger partial charge is 0.251 e. The molecule has 1 heterocycles. The second-order valence-corrected chi connectivity index (χ2v) is 4.73. The van der Waals surface area contributed by atoms with Crippen molar-refractivity contribution in [1.82, 2.24) is 9.55 Å². The van der Waals surface area contributed by atoms with Crippen molar-refractivity contribution in [1.29, 1.82) is 0 Å². The highest BCUT2D eigenvalue weighted by Gasteiger charge is 2.22. The third kappa shape index (κ3) is 2.20. The van der Waals surface area contributed by atoms with Gasteiger partial charge < -0.3 is 4.57 Å². The van der Waals surface area contributed by atoms with Crippen LogP contribution in [0.2, 0.25) is 0 Å². The van der Waals surface area contributed by atoms with E-state index in [-0.39, 0.29) is 5.56 Å². The van der Waals surface area contributed by atoms with Gasteiger partial charge in [-0.05, 0) is 31.0 Å². The van der Waals surface area contributed by atoms with Gasteiger partial charge in [0.2, 0.25) is 0 Å². The molecule has 4 heteroatoms. The highest BCUT2D eigenvalue weighted by molar-refractivity contribution is 7.71. The Bertz CT molecular complexity index is 448. The number of H-pyrrole nitrogens is 1. The van der Waals surface area contributed by atoms with E-state index in [2.05, 4.69) is 11.9 Å². The lowest BCUT2D eigenvalue weighted by atomic mass is 9.86. The molecule has 0 spiro atoms. The molecule has 0 radical (unpaired) electrons. The number of aromatic amines is 1. The standard InChI is InChI=1S/C11H16N2OS/c1-8-4-2-3-5-9(8)13-7-6-10(14)12-11(13)15/h6-9H,2-5H2,1H3,(H,12,14,15). The second kappa shape index (κ2) is 4.31. The third-order valence-electron chi connectivity index (χ3n) is 3.27. The Hall–Kier alpha value is -0.900. The van der Waals surface area contributed by atoms with Gasteiger partial charge in [0.1, 0.15) is 0 Å². The molecule has 2 atom stereocenters. The zero-order chi connectivity index (χ0) is 10.8. The lowest BCUT2D eigenvalue weighted by Crippen LogP contribution is -2.23. The summed E-state index contributed by atoms with van der Waals surface area (Å²) in [6, 6.07) is 2.01. The summed E-state index contributed by atoms with van der Waals surface area (Å²) in [5, 5.41) is 0. The first kappa shape index (κ1) is 10.6. The second-order valence-electron chi connectivity index (χ2n) is 4.35. The van der Waals surface area contributed by atoms with Crippen LogP contribution in [0, 0.1) is 10.7 Å². The summed E-state index contributed by atoms with van der Waals surface area (Å²) in [6.07, 6.45) is 6.82. The lowest BCUT2D eigenvalue weighted by Gasteiger charge is -2.30. The maximum atomic E-state index is 11.1. The molecule has 1 saturated carbocycles. The Morgan fingerprint density at radius 2 is 2.20 bits per heavy atom. The summed E-state index contributed by atoms with van der Waals surface area (Å²) in [5.41, 5.74) is -0.111. The van der Waals surface area contributed by atoms with Crippen LogP contribution in [0.1, 0.15) is 38.6 Å². The zero-order valence-corrected chi connectivity index (χ0v) is 9.72. The third-order valence-corrected chi connectivity index (χ3v) is 3.59. The Morgan fingerprint density at radius 3 is 2.87 bits per heavy atom. The van der Waals surface area contributed by atoms with Crippen LogP contribution >= 0.6 is 12.2 Å². The van der Waals surface area contributed by atoms with Crippen molar-refractivity contribution in [3.05, 3.63) is 27.4 Å². The van der Waals surface area contributed by atoms with Gasteiger partial charge in [0, 0.05) is 18.3 Å². The summed E-state index contributed by atoms with van der Waals surface area (Å²) in [4.78, 5) is 13.8. The van der Waals surface area contributed by atoms with Crippen LogP contribution in [0.3, 0.4) is 0 Å². The van der Waals surface area contributed by atoms with Gasteiger partial charge in [-0.25, -0.2) is 0 Å². The quantitative estimate of drug-likeness (QED) is 0.745. The minimum Gasteiger partial charge on any atom is -0.322 e. The summed E-state index contributed by atoms with van der Waals surface area (Å²) in [5.74, 6) is 0.649. The molecule has 2 rings (SSSR count). The Balaban J connectivity index is 2.36. The van der Waals surface area contributed by atoms with Crippen LogP contribution in [-0.2, 0) is 0 Å². The van der Waals surface area contributed by atoms with E-state index in [4.69, 9.17) is 12.2 Å². The molecular weight excluding hydrogens is 208 g/mol. The first-order chi connectivity index (χ1) is 7.18. The van der Waals surface area contributed by atoms with Crippen LogP contribution in [0.4, 0.5) is 0 Å². The Morgan fingerprint density at radius 1 is 1.47 bits per heavy atom. The summed E-state index contributed by atoms with van der Waals surface area (Å²) in [7, 11) is 0. The van der Waals surface area contributed by atoms with Crippen molar-refractivity contribution in [2.24, 2.45) is 5.92 Å². The monoisotopic (exact) mass is 224 g/mol. The van der Waals surface area contributed by atoms with Gasteiger partial charge in [0.15, 0.2) is 4.77 Å². The summed E-state index contributed by atoms with van der Waals surface area (Å²) < 4.78 is 2.60. The molecule has 0 amide bonds. The SMILES string of the molecule is CC1CCCCC1n1ccc(=O)[nH]c1=S. The van der Waals surface area contributed by atoms with Gasteiger partial charge in [-0.1, -0.05) is 19.8 Å². The van der Waals surface area contributed by atoms with Gasteiger partial charge in [-0.15, -0.1) is 0 Å². The summed E-state index contributed by atoms with van der Waals surface area (Å²) in [6.45, 7) is 2.26. The molecule has 1 fully saturated rings. The molecule has 0 bridgehead atoms. The molecule has 3 nitrogen and oxygen atoms in total. The predicted molar refractivity (Wildman–Crippen MR) is 62.6 cm³/mol. The van der Waals surface area contributed by atoms with E-state index in [1.807, 2.05) is 10.8 Å². The Kier molecular flexibility index (Phi) is 3.05. The fraction of sp³-hybridized carbons (Fsp3) is 0.636. The van der Waals surface area contributed by atoms with E-state index in [0.29, 0.717) is 16.7 Å². The highest BCUT2D eigenvalue weighted by Crippen LogP contribution is 2.33. The van der Waals surface area contributed by atoms with Crippen LogP contribution in [-0.4, -0.2) is 9.55 Å². The fourth-order valence-electron chi connectivity index (χ4n) is 2.40. The molecule has 0 saturated heterocycles. The molecule has 0 aliphatic heterocycles. The number of rotatable bonds is 1. The van der Waals surface area contributed by atoms with E-state index in [9.17, 15) is 4.79 Å². The number of hydrogen-bond donors (Lipinski definition) is 1. The number of nitrogens with one attached hydrogen (secondary N) is 1. The average Bonchev–Trinajstić information content (AvgIpc) is 2.20. The van der Waals surface area contributed by atoms with Gasteiger partial charge in [0.05, 0.1) is 0 Å². The van der Waals surface area contributed by atoms with Crippen LogP contribution < -0.4 is 5.56 Å². The fourth-order valence-corrected chi connectivity index (χ4v) is 2.70. The minimum absolute atomic E-state index is 0.111. The molecule has 0 aromatic carbocycles. The normalized spacial score (nSPS) is 26.5. The van der Waals surface area contributed by atoms with Crippen LogP contribution in [0.5, 0.6) is 0 Å². The van der Waals surface area contributed by atoms with Crippen molar-refractivity contribution in [3.63, 3.8) is 0 Å². The topological polar surface area (TPSA) is 37.8 Å². The number of nitrogens with zero attached hydrogens (tertiary/aromatic N) is 1. The summed E-state index contributed by atoms with van der Waals surface area (Å²) >= 11 is 5.18. The molecule has 1 aliphatic rings. The number of hydrogen-bond acceptors (Lipinski definition) is 2. The molecule has 1 aliphatic carbocycles. The van der Waals surface area contributed by atoms with Crippen molar-refractivity contribution < 1.29 is 0 Å². The van der Waals surface area contributed by atoms with Gasteiger partial charge in [-0.3, -0.25) is 9.78 Å². The highest BCUT2D eigenvalue weighted by atomic mass is 32.1. The van der Waals surface area contributed by atoms with Crippen molar-refractivity contribution in [2.75, 3.05) is 0 Å². The van der Waals surface area contributed by atoms with Crippen molar-refractivity contribution >= 4 is 12.2 Å². The van der Waals surface area contributed by atoms with Gasteiger partial charge in [-0.2, -0.15) is 0 Å². The molecule has 1 aromatic heterocycles. The van der Waals surface area contributed by atoms with E-state index >= 15 is 0 Å². The molecule has 2 unspecified atom stereocenters. The molecule has 1 aromatic rings. The molecule has 15 heavy (non-hydrogen) atoms. The first-order valence-electron chi connectivity index (χ1n) is 5.50. The van der Waals surface area contributed by atoms with E-state index < -0.39 is 0 Å². The average molecular weight is 224 g/mol. The maximum Gasteiger partial charge on any atom is 0.251 e.